The number of nitrogens with one attached hydrogen (secondary N) is 1. The predicted molar refractivity (Wildman–Crippen MR) is 67.3 cm³/mol. The number of aldehydes is 1. The number of carbonyl (C=O) groups is 2. The average molecular weight is 260 g/mol. The molecule has 0 radical (unpaired) electrons. The van der Waals surface area contributed by atoms with Gasteiger partial charge in [-0.15, -0.1) is 0 Å². The predicted octanol–water partition coefficient (Wildman–Crippen LogP) is 0.138. The standard InChI is InChI=1S/C12H12N4O3/c13-11-4-9(1-2-15(11)6-18)16-7-19-10-3-8(5-17)14-12(10)16/h1-6,11,14H,7,13H2. The number of aromatic amines is 1. The van der Waals surface area contributed by atoms with Crippen LogP contribution in [0.4, 0.5) is 5.82 Å². The Bertz CT molecular complexity index is 590. The lowest BCUT2D eigenvalue weighted by atomic mass is 10.2. The van der Waals surface area contributed by atoms with Gasteiger partial charge in [-0.25, -0.2) is 0 Å². The van der Waals surface area contributed by atoms with Gasteiger partial charge >= 0.3 is 0 Å². The zero-order valence-corrected chi connectivity index (χ0v) is 9.95. The summed E-state index contributed by atoms with van der Waals surface area (Å²) >= 11 is 0. The summed E-state index contributed by atoms with van der Waals surface area (Å²) in [5, 5.41) is 0. The van der Waals surface area contributed by atoms with Crippen molar-refractivity contribution in [2.45, 2.75) is 6.17 Å². The Hall–Kier alpha value is -2.54. The summed E-state index contributed by atoms with van der Waals surface area (Å²) in [5.41, 5.74) is 7.09. The lowest BCUT2D eigenvalue weighted by Crippen LogP contribution is -2.39. The van der Waals surface area contributed by atoms with Gasteiger partial charge in [0.2, 0.25) is 6.41 Å². The Morgan fingerprint density at radius 3 is 3.00 bits per heavy atom. The molecule has 1 aromatic heterocycles. The van der Waals surface area contributed by atoms with Crippen molar-refractivity contribution in [3.05, 3.63) is 35.8 Å². The number of carbonyl (C=O) groups excluding carboxylic acids is 2. The van der Waals surface area contributed by atoms with E-state index >= 15 is 0 Å². The van der Waals surface area contributed by atoms with E-state index in [4.69, 9.17) is 10.5 Å². The van der Waals surface area contributed by atoms with Gasteiger partial charge in [0, 0.05) is 18.0 Å². The molecule has 2 aliphatic heterocycles. The quantitative estimate of drug-likeness (QED) is 0.754. The van der Waals surface area contributed by atoms with Gasteiger partial charge in [-0.3, -0.25) is 14.5 Å². The van der Waals surface area contributed by atoms with E-state index in [2.05, 4.69) is 4.98 Å². The van der Waals surface area contributed by atoms with Crippen molar-refractivity contribution < 1.29 is 14.3 Å². The molecule has 3 N–H and O–H groups in total. The van der Waals surface area contributed by atoms with E-state index in [1.54, 1.807) is 24.4 Å². The smallest absolute Gasteiger partial charge is 0.215 e. The molecule has 0 aromatic carbocycles. The highest BCUT2D eigenvalue weighted by atomic mass is 16.5. The normalized spacial score (nSPS) is 20.9. The third kappa shape index (κ3) is 1.80. The molecule has 0 saturated heterocycles. The van der Waals surface area contributed by atoms with Crippen LogP contribution in [0, 0.1) is 0 Å². The molecule has 1 atom stereocenters. The monoisotopic (exact) mass is 260 g/mol. The maximum Gasteiger partial charge on any atom is 0.215 e. The minimum Gasteiger partial charge on any atom is -0.469 e. The summed E-state index contributed by atoms with van der Waals surface area (Å²) in [6, 6.07) is 1.65. The van der Waals surface area contributed by atoms with Gasteiger partial charge in [0.05, 0.1) is 5.69 Å². The van der Waals surface area contributed by atoms with Gasteiger partial charge in [0.1, 0.15) is 6.17 Å². The van der Waals surface area contributed by atoms with E-state index in [-0.39, 0.29) is 0 Å². The molecule has 0 fully saturated rings. The number of nitrogens with zero attached hydrogens (tertiary/aromatic N) is 2. The zero-order valence-electron chi connectivity index (χ0n) is 9.95. The van der Waals surface area contributed by atoms with Crippen molar-refractivity contribution >= 4 is 18.5 Å². The van der Waals surface area contributed by atoms with E-state index in [0.29, 0.717) is 30.4 Å². The van der Waals surface area contributed by atoms with E-state index in [9.17, 15) is 9.59 Å². The number of ether oxygens (including phenoxy) is 1. The lowest BCUT2D eigenvalue weighted by molar-refractivity contribution is -0.116. The molecule has 3 rings (SSSR count). The number of hydrogen-bond donors (Lipinski definition) is 2. The molecule has 0 bridgehead atoms. The van der Waals surface area contributed by atoms with Crippen molar-refractivity contribution in [2.75, 3.05) is 11.6 Å². The number of nitrogens with two attached hydrogens (primary N) is 1. The minimum absolute atomic E-state index is 0.338. The van der Waals surface area contributed by atoms with Gasteiger partial charge in [-0.1, -0.05) is 0 Å². The molecular formula is C12H12N4O3. The second-order valence-electron chi connectivity index (χ2n) is 4.21. The first-order chi connectivity index (χ1) is 9.22. The number of aromatic nitrogens is 1. The van der Waals surface area contributed by atoms with Gasteiger partial charge in [-0.05, 0) is 12.2 Å². The Morgan fingerprint density at radius 2 is 2.32 bits per heavy atom. The second kappa shape index (κ2) is 4.29. The number of hydrogen-bond acceptors (Lipinski definition) is 5. The van der Waals surface area contributed by atoms with Crippen molar-refractivity contribution in [2.24, 2.45) is 5.73 Å². The van der Waals surface area contributed by atoms with Crippen LogP contribution in [0.2, 0.25) is 0 Å². The van der Waals surface area contributed by atoms with Crippen LogP contribution in [0.5, 0.6) is 5.75 Å². The summed E-state index contributed by atoms with van der Waals surface area (Å²) in [5.74, 6) is 1.34. The second-order valence-corrected chi connectivity index (χ2v) is 4.21. The van der Waals surface area contributed by atoms with Gasteiger partial charge in [0.25, 0.3) is 0 Å². The first-order valence-corrected chi connectivity index (χ1v) is 5.70. The number of allylic oxidation sites excluding steroid dienone is 1. The SMILES string of the molecule is NC1C=C(N2COc3cc(C=O)[nH]c32)C=CN1C=O. The van der Waals surface area contributed by atoms with Crippen LogP contribution in [0.1, 0.15) is 10.5 Å². The number of anilines is 1. The molecule has 0 aliphatic carbocycles. The van der Waals surface area contributed by atoms with Crippen molar-refractivity contribution in [1.82, 2.24) is 9.88 Å². The van der Waals surface area contributed by atoms with Crippen LogP contribution < -0.4 is 15.4 Å². The molecule has 2 aliphatic rings. The third-order valence-corrected chi connectivity index (χ3v) is 3.07. The fourth-order valence-corrected chi connectivity index (χ4v) is 2.08. The highest BCUT2D eigenvalue weighted by Crippen LogP contribution is 2.36. The molecule has 19 heavy (non-hydrogen) atoms. The van der Waals surface area contributed by atoms with Crippen molar-refractivity contribution in [1.29, 1.82) is 0 Å². The molecule has 0 saturated carbocycles. The van der Waals surface area contributed by atoms with Gasteiger partial charge < -0.3 is 20.4 Å². The van der Waals surface area contributed by atoms with Gasteiger partial charge in [0.15, 0.2) is 24.6 Å². The lowest BCUT2D eigenvalue weighted by Gasteiger charge is -2.26. The van der Waals surface area contributed by atoms with Crippen LogP contribution in [0.15, 0.2) is 30.1 Å². The van der Waals surface area contributed by atoms with E-state index in [1.807, 2.05) is 4.90 Å². The molecule has 1 unspecified atom stereocenters. The van der Waals surface area contributed by atoms with Crippen molar-refractivity contribution in [3.63, 3.8) is 0 Å². The number of H-pyrrole nitrogens is 1. The molecule has 98 valence electrons. The summed E-state index contributed by atoms with van der Waals surface area (Å²) in [6.07, 6.45) is 5.99. The highest BCUT2D eigenvalue weighted by Gasteiger charge is 2.27. The van der Waals surface area contributed by atoms with Crippen LogP contribution in [0.3, 0.4) is 0 Å². The minimum atomic E-state index is -0.512. The molecule has 1 aromatic rings. The third-order valence-electron chi connectivity index (χ3n) is 3.07. The van der Waals surface area contributed by atoms with Crippen LogP contribution in [-0.2, 0) is 4.79 Å². The molecule has 0 spiro atoms. The summed E-state index contributed by atoms with van der Waals surface area (Å²) in [7, 11) is 0. The van der Waals surface area contributed by atoms with Crippen LogP contribution in [-0.4, -0.2) is 35.5 Å². The fourth-order valence-electron chi connectivity index (χ4n) is 2.08. The average Bonchev–Trinajstić information content (AvgIpc) is 2.97. The summed E-state index contributed by atoms with van der Waals surface area (Å²) in [4.78, 5) is 27.6. The Labute approximate surface area is 108 Å². The van der Waals surface area contributed by atoms with Crippen LogP contribution in [0.25, 0.3) is 0 Å². The Balaban J connectivity index is 1.90. The number of amides is 1. The fraction of sp³-hybridized carbons (Fsp3) is 0.167. The molecule has 7 heteroatoms. The molecule has 1 amide bonds. The summed E-state index contributed by atoms with van der Waals surface area (Å²) < 4.78 is 5.47. The Kier molecular flexibility index (Phi) is 2.60. The Morgan fingerprint density at radius 1 is 1.47 bits per heavy atom. The van der Waals surface area contributed by atoms with E-state index in [0.717, 1.165) is 12.0 Å². The first-order valence-electron chi connectivity index (χ1n) is 5.70. The maximum absolute atomic E-state index is 10.7. The zero-order chi connectivity index (χ0) is 13.4. The van der Waals surface area contributed by atoms with Crippen LogP contribution >= 0.6 is 0 Å². The van der Waals surface area contributed by atoms with Crippen molar-refractivity contribution in [3.8, 4) is 5.75 Å². The molecular weight excluding hydrogens is 248 g/mol. The molecule has 7 nitrogen and oxygen atoms in total. The largest absolute Gasteiger partial charge is 0.469 e. The number of fused-ring (bicyclic) bond motifs is 1. The first kappa shape index (κ1) is 11.5. The van der Waals surface area contributed by atoms with E-state index in [1.165, 1.54) is 4.90 Å². The molecule has 3 heterocycles. The topological polar surface area (TPSA) is 91.7 Å². The van der Waals surface area contributed by atoms with Gasteiger partial charge in [-0.2, -0.15) is 0 Å². The number of rotatable bonds is 3. The maximum atomic E-state index is 10.7. The van der Waals surface area contributed by atoms with E-state index < -0.39 is 6.17 Å². The summed E-state index contributed by atoms with van der Waals surface area (Å²) in [6.45, 7) is 0.338. The highest BCUT2D eigenvalue weighted by molar-refractivity contribution is 5.78.